The number of hydrogen-bond donors (Lipinski definition) is 5. The van der Waals surface area contributed by atoms with Crippen molar-refractivity contribution in [2.75, 3.05) is 13.5 Å². The Morgan fingerprint density at radius 2 is 1.43 bits per heavy atom. The molecule has 0 saturated carbocycles. The fraction of sp³-hybridized carbons (Fsp3) is 1.00. The van der Waals surface area contributed by atoms with Crippen molar-refractivity contribution in [2.24, 2.45) is 0 Å². The third-order valence-corrected chi connectivity index (χ3v) is 0.335. The normalized spacial score (nSPS) is 9.43. The summed E-state index contributed by atoms with van der Waals surface area (Å²) in [4.78, 5) is 0. The average molecular weight is 107 g/mol. The van der Waals surface area contributed by atoms with Gasteiger partial charge < -0.3 is 10.2 Å². The Morgan fingerprint density at radius 3 is 1.71 bits per heavy atom. The van der Waals surface area contributed by atoms with Gasteiger partial charge in [-0.15, -0.1) is 0 Å². The second-order valence-corrected chi connectivity index (χ2v) is 0.795. The monoisotopic (exact) mass is 107 g/mol. The van der Waals surface area contributed by atoms with Gasteiger partial charge in [0.2, 0.25) is 0 Å². The van der Waals surface area contributed by atoms with Crippen molar-refractivity contribution in [3.05, 3.63) is 0 Å². The van der Waals surface area contributed by atoms with Crippen molar-refractivity contribution < 1.29 is 10.2 Å². The van der Waals surface area contributed by atoms with Crippen molar-refractivity contribution in [1.82, 2.24) is 16.4 Å². The molecule has 0 radical (unpaired) electrons. The zero-order chi connectivity index (χ0) is 5.54. The predicted molar refractivity (Wildman–Crippen MR) is 23.6 cm³/mol. The summed E-state index contributed by atoms with van der Waals surface area (Å²) in [6.45, 7) is -0.347. The topological polar surface area (TPSA) is 76.5 Å². The second kappa shape index (κ2) is 5.80. The van der Waals surface area contributed by atoms with E-state index in [9.17, 15) is 0 Å². The molecule has 0 spiro atoms. The van der Waals surface area contributed by atoms with Crippen LogP contribution in [0.4, 0.5) is 0 Å². The van der Waals surface area contributed by atoms with Crippen LogP contribution in [0.1, 0.15) is 0 Å². The summed E-state index contributed by atoms with van der Waals surface area (Å²) in [6, 6.07) is 0. The first-order chi connectivity index (χ1) is 3.41. The zero-order valence-electron chi connectivity index (χ0n) is 3.81. The Balaban J connectivity index is 2.45. The van der Waals surface area contributed by atoms with Gasteiger partial charge >= 0.3 is 0 Å². The van der Waals surface area contributed by atoms with Gasteiger partial charge in [0.15, 0.2) is 0 Å². The molecule has 0 fully saturated rings. The van der Waals surface area contributed by atoms with E-state index in [1.54, 1.807) is 0 Å². The van der Waals surface area contributed by atoms with Gasteiger partial charge in [-0.3, -0.25) is 0 Å². The Hall–Kier alpha value is -0.200. The number of hydrogen-bond acceptors (Lipinski definition) is 5. The van der Waals surface area contributed by atoms with E-state index in [-0.39, 0.29) is 13.5 Å². The third-order valence-electron chi connectivity index (χ3n) is 0.335. The molecule has 5 N–H and O–H groups in total. The molecule has 0 aromatic rings. The van der Waals surface area contributed by atoms with Crippen molar-refractivity contribution in [3.63, 3.8) is 0 Å². The van der Waals surface area contributed by atoms with E-state index < -0.39 is 0 Å². The minimum Gasteiger partial charge on any atom is -0.380 e. The highest BCUT2D eigenvalue weighted by atomic mass is 16.3. The van der Waals surface area contributed by atoms with Crippen molar-refractivity contribution >= 4 is 0 Å². The maximum absolute atomic E-state index is 8.00. The lowest BCUT2D eigenvalue weighted by Crippen LogP contribution is -2.43. The molecule has 0 bridgehead atoms. The summed E-state index contributed by atoms with van der Waals surface area (Å²) in [6.07, 6.45) is 0. The Morgan fingerprint density at radius 1 is 1.00 bits per heavy atom. The molecule has 0 saturated heterocycles. The van der Waals surface area contributed by atoms with Crippen LogP contribution in [0.5, 0.6) is 0 Å². The third kappa shape index (κ3) is 5.80. The minimum absolute atomic E-state index is 0.174. The van der Waals surface area contributed by atoms with Crippen LogP contribution in [0.2, 0.25) is 0 Å². The molecule has 0 aliphatic rings. The number of aliphatic hydroxyl groups excluding tert-OH is 2. The summed E-state index contributed by atoms with van der Waals surface area (Å²) >= 11 is 0. The van der Waals surface area contributed by atoms with Crippen LogP contribution in [-0.2, 0) is 0 Å². The first-order valence-corrected chi connectivity index (χ1v) is 1.84. The van der Waals surface area contributed by atoms with Gasteiger partial charge in [0, 0.05) is 0 Å². The Kier molecular flexibility index (Phi) is 5.63. The molecule has 0 aromatic carbocycles. The lowest BCUT2D eigenvalue weighted by atomic mass is 11.3. The molecule has 0 aromatic heterocycles. The molecule has 5 nitrogen and oxygen atoms in total. The molecular weight excluding hydrogens is 98.0 g/mol. The number of hydrazine groups is 2. The molecule has 0 aliphatic heterocycles. The molecule has 0 rings (SSSR count). The van der Waals surface area contributed by atoms with E-state index >= 15 is 0 Å². The summed E-state index contributed by atoms with van der Waals surface area (Å²) in [5, 5.41) is 16.0. The van der Waals surface area contributed by atoms with Gasteiger partial charge in [0.05, 0.1) is 0 Å². The van der Waals surface area contributed by atoms with Crippen LogP contribution < -0.4 is 16.4 Å². The van der Waals surface area contributed by atoms with E-state index in [4.69, 9.17) is 10.2 Å². The van der Waals surface area contributed by atoms with Crippen molar-refractivity contribution in [1.29, 1.82) is 0 Å². The summed E-state index contributed by atoms with van der Waals surface area (Å²) in [7, 11) is 0. The van der Waals surface area contributed by atoms with Crippen LogP contribution in [0.3, 0.4) is 0 Å². The summed E-state index contributed by atoms with van der Waals surface area (Å²) < 4.78 is 0. The van der Waals surface area contributed by atoms with Gasteiger partial charge in [0.1, 0.15) is 13.5 Å². The zero-order valence-corrected chi connectivity index (χ0v) is 3.81. The average Bonchev–Trinajstić information content (AvgIpc) is 1.69. The van der Waals surface area contributed by atoms with E-state index in [2.05, 4.69) is 16.4 Å². The summed E-state index contributed by atoms with van der Waals surface area (Å²) in [5.74, 6) is 0. The van der Waals surface area contributed by atoms with Gasteiger partial charge in [-0.25, -0.2) is 10.9 Å². The predicted octanol–water partition coefficient (Wildman–Crippen LogP) is -2.52. The molecular formula is C2H9N3O2. The Labute approximate surface area is 41.3 Å². The lowest BCUT2D eigenvalue weighted by molar-refractivity contribution is 0.183. The smallest absolute Gasteiger partial charge is 0.107 e. The van der Waals surface area contributed by atoms with Crippen molar-refractivity contribution in [2.45, 2.75) is 0 Å². The molecule has 5 heteroatoms. The first-order valence-electron chi connectivity index (χ1n) is 1.84. The molecule has 0 aliphatic carbocycles. The quantitative estimate of drug-likeness (QED) is 0.156. The number of nitrogens with one attached hydrogen (secondary N) is 3. The first kappa shape index (κ1) is 6.80. The van der Waals surface area contributed by atoms with Gasteiger partial charge in [-0.05, 0) is 0 Å². The maximum Gasteiger partial charge on any atom is 0.107 e. The minimum atomic E-state index is -0.174. The van der Waals surface area contributed by atoms with E-state index in [1.165, 1.54) is 0 Å². The standard InChI is InChI=1S/C2H9N3O2/c6-1-3-5-4-2-7/h3-7H,1-2H2. The molecule has 0 unspecified atom stereocenters. The van der Waals surface area contributed by atoms with E-state index in [0.717, 1.165) is 0 Å². The van der Waals surface area contributed by atoms with Crippen LogP contribution in [0.15, 0.2) is 0 Å². The summed E-state index contributed by atoms with van der Waals surface area (Å²) in [5.41, 5.74) is 6.85. The number of aliphatic hydroxyl groups is 2. The lowest BCUT2D eigenvalue weighted by Gasteiger charge is -2.00. The fourth-order valence-corrected chi connectivity index (χ4v) is 0.142. The molecule has 7 heavy (non-hydrogen) atoms. The van der Waals surface area contributed by atoms with Gasteiger partial charge in [0.25, 0.3) is 0 Å². The number of rotatable bonds is 4. The van der Waals surface area contributed by atoms with Gasteiger partial charge in [-0.2, -0.15) is 5.53 Å². The van der Waals surface area contributed by atoms with Gasteiger partial charge in [-0.1, -0.05) is 0 Å². The maximum atomic E-state index is 8.00. The SMILES string of the molecule is OCNNNCO. The molecule has 0 atom stereocenters. The Bertz CT molecular complexity index is 30.1. The van der Waals surface area contributed by atoms with Crippen molar-refractivity contribution in [3.8, 4) is 0 Å². The van der Waals surface area contributed by atoms with Crippen LogP contribution >= 0.6 is 0 Å². The highest BCUT2D eigenvalue weighted by Gasteiger charge is 1.72. The van der Waals surface area contributed by atoms with Crippen LogP contribution in [0.25, 0.3) is 0 Å². The molecule has 44 valence electrons. The highest BCUT2D eigenvalue weighted by molar-refractivity contribution is 4.13. The van der Waals surface area contributed by atoms with E-state index in [1.807, 2.05) is 0 Å². The van der Waals surface area contributed by atoms with Crippen LogP contribution in [-0.4, -0.2) is 23.7 Å². The fourth-order valence-electron chi connectivity index (χ4n) is 0.142. The molecule has 0 heterocycles. The second-order valence-electron chi connectivity index (χ2n) is 0.795. The van der Waals surface area contributed by atoms with Crippen LogP contribution in [0, 0.1) is 0 Å². The molecule has 0 amide bonds. The van der Waals surface area contributed by atoms with E-state index in [0.29, 0.717) is 0 Å². The highest BCUT2D eigenvalue weighted by Crippen LogP contribution is 1.34. The largest absolute Gasteiger partial charge is 0.380 e.